The summed E-state index contributed by atoms with van der Waals surface area (Å²) in [5.41, 5.74) is 0. The summed E-state index contributed by atoms with van der Waals surface area (Å²) in [6.07, 6.45) is 4.28. The molecule has 1 rings (SSSR count). The van der Waals surface area contributed by atoms with E-state index in [1.807, 2.05) is 6.92 Å². The van der Waals surface area contributed by atoms with Crippen LogP contribution in [0.2, 0.25) is 0 Å². The van der Waals surface area contributed by atoms with Crippen molar-refractivity contribution >= 4 is 0 Å². The van der Waals surface area contributed by atoms with Gasteiger partial charge in [0.15, 0.2) is 0 Å². The second-order valence-electron chi connectivity index (χ2n) is 4.32. The third-order valence-electron chi connectivity index (χ3n) is 2.65. The van der Waals surface area contributed by atoms with Crippen LogP contribution in [-0.4, -0.2) is 38.0 Å². The predicted molar refractivity (Wildman–Crippen MR) is 62.1 cm³/mol. The van der Waals surface area contributed by atoms with Crippen LogP contribution in [0.3, 0.4) is 0 Å². The molecule has 0 saturated heterocycles. The minimum absolute atomic E-state index is 0.205. The van der Waals surface area contributed by atoms with Crippen LogP contribution in [0.4, 0.5) is 0 Å². The average Bonchev–Trinajstić information content (AvgIpc) is 3.05. The van der Waals surface area contributed by atoms with E-state index in [-0.39, 0.29) is 6.10 Å². The molecule has 1 fully saturated rings. The Kier molecular flexibility index (Phi) is 6.22. The summed E-state index contributed by atoms with van der Waals surface area (Å²) in [5, 5.41) is 3.50. The topological polar surface area (TPSA) is 30.5 Å². The van der Waals surface area contributed by atoms with Crippen molar-refractivity contribution in [2.75, 3.05) is 19.8 Å². The van der Waals surface area contributed by atoms with Crippen molar-refractivity contribution < 1.29 is 9.47 Å². The van der Waals surface area contributed by atoms with Crippen LogP contribution < -0.4 is 5.32 Å². The Labute approximate surface area is 93.5 Å². The first kappa shape index (κ1) is 12.9. The maximum atomic E-state index is 5.89. The second-order valence-corrected chi connectivity index (χ2v) is 4.32. The van der Waals surface area contributed by atoms with Gasteiger partial charge in [-0.3, -0.25) is 0 Å². The summed E-state index contributed by atoms with van der Waals surface area (Å²) in [4.78, 5) is 0. The van der Waals surface area contributed by atoms with Crippen molar-refractivity contribution in [1.29, 1.82) is 0 Å². The molecule has 3 nitrogen and oxygen atoms in total. The monoisotopic (exact) mass is 215 g/mol. The van der Waals surface area contributed by atoms with Gasteiger partial charge in [-0.15, -0.1) is 0 Å². The van der Waals surface area contributed by atoms with Crippen LogP contribution in [0.25, 0.3) is 0 Å². The van der Waals surface area contributed by atoms with Gasteiger partial charge in [0, 0.05) is 19.2 Å². The molecule has 0 amide bonds. The standard InChI is InChI=1S/C12H25NO2/c1-4-12(8-13-11-6-7-11)15-10(3)9-14-5-2/h10-13H,4-9H2,1-3H3. The molecule has 1 saturated carbocycles. The summed E-state index contributed by atoms with van der Waals surface area (Å²) in [6, 6.07) is 0.768. The van der Waals surface area contributed by atoms with Crippen LogP contribution in [0.15, 0.2) is 0 Å². The van der Waals surface area contributed by atoms with E-state index < -0.39 is 0 Å². The molecular formula is C12H25NO2. The summed E-state index contributed by atoms with van der Waals surface area (Å²) in [5.74, 6) is 0. The van der Waals surface area contributed by atoms with E-state index in [0.29, 0.717) is 12.7 Å². The number of hydrogen-bond acceptors (Lipinski definition) is 3. The van der Waals surface area contributed by atoms with E-state index in [1.54, 1.807) is 0 Å². The highest BCUT2D eigenvalue weighted by atomic mass is 16.5. The van der Waals surface area contributed by atoms with Crippen molar-refractivity contribution in [3.8, 4) is 0 Å². The largest absolute Gasteiger partial charge is 0.379 e. The maximum Gasteiger partial charge on any atom is 0.0784 e. The summed E-state index contributed by atoms with van der Waals surface area (Å²) < 4.78 is 11.2. The highest BCUT2D eigenvalue weighted by Gasteiger charge is 2.22. The SMILES string of the molecule is CCOCC(C)OC(CC)CNC1CC1. The zero-order chi connectivity index (χ0) is 11.1. The summed E-state index contributed by atoms with van der Waals surface area (Å²) >= 11 is 0. The molecule has 0 spiro atoms. The van der Waals surface area contributed by atoms with Gasteiger partial charge in [0.25, 0.3) is 0 Å². The lowest BCUT2D eigenvalue weighted by Gasteiger charge is -2.21. The Balaban J connectivity index is 2.07. The quantitative estimate of drug-likeness (QED) is 0.638. The molecule has 0 bridgehead atoms. The van der Waals surface area contributed by atoms with Crippen molar-refractivity contribution in [1.82, 2.24) is 5.32 Å². The smallest absolute Gasteiger partial charge is 0.0784 e. The van der Waals surface area contributed by atoms with Crippen LogP contribution in [0, 0.1) is 0 Å². The lowest BCUT2D eigenvalue weighted by molar-refractivity contribution is -0.0465. The lowest BCUT2D eigenvalue weighted by Crippen LogP contribution is -2.33. The fourth-order valence-corrected chi connectivity index (χ4v) is 1.53. The number of ether oxygens (including phenoxy) is 2. The van der Waals surface area contributed by atoms with Gasteiger partial charge in [-0.1, -0.05) is 6.92 Å². The first-order chi connectivity index (χ1) is 7.26. The Morgan fingerprint density at radius 2 is 2.07 bits per heavy atom. The third kappa shape index (κ3) is 6.13. The molecule has 2 atom stereocenters. The molecule has 0 aliphatic heterocycles. The number of rotatable bonds is 9. The molecule has 90 valence electrons. The van der Waals surface area contributed by atoms with Crippen LogP contribution >= 0.6 is 0 Å². The summed E-state index contributed by atoms with van der Waals surface area (Å²) in [6.45, 7) is 8.72. The highest BCUT2D eigenvalue weighted by Crippen LogP contribution is 2.18. The van der Waals surface area contributed by atoms with E-state index in [1.165, 1.54) is 12.8 Å². The Hall–Kier alpha value is -0.120. The van der Waals surface area contributed by atoms with Gasteiger partial charge in [0.2, 0.25) is 0 Å². The van der Waals surface area contributed by atoms with Crippen molar-refractivity contribution in [2.24, 2.45) is 0 Å². The molecule has 1 aliphatic rings. The number of nitrogens with one attached hydrogen (secondary N) is 1. The highest BCUT2D eigenvalue weighted by molar-refractivity contribution is 4.82. The van der Waals surface area contributed by atoms with Gasteiger partial charge >= 0.3 is 0 Å². The molecule has 1 aliphatic carbocycles. The fraction of sp³-hybridized carbons (Fsp3) is 1.00. The van der Waals surface area contributed by atoms with E-state index in [4.69, 9.17) is 9.47 Å². The first-order valence-corrected chi connectivity index (χ1v) is 6.22. The van der Waals surface area contributed by atoms with E-state index in [2.05, 4.69) is 19.2 Å². The predicted octanol–water partition coefficient (Wildman–Crippen LogP) is 1.96. The Bertz CT molecular complexity index is 160. The molecule has 1 N–H and O–H groups in total. The van der Waals surface area contributed by atoms with E-state index in [9.17, 15) is 0 Å². The van der Waals surface area contributed by atoms with Gasteiger partial charge in [-0.2, -0.15) is 0 Å². The van der Waals surface area contributed by atoms with Gasteiger partial charge in [-0.05, 0) is 33.1 Å². The number of hydrogen-bond donors (Lipinski definition) is 1. The fourth-order valence-electron chi connectivity index (χ4n) is 1.53. The molecule has 0 aromatic rings. The molecule has 0 aromatic heterocycles. The van der Waals surface area contributed by atoms with Crippen molar-refractivity contribution in [3.05, 3.63) is 0 Å². The van der Waals surface area contributed by atoms with Crippen LogP contribution in [0.5, 0.6) is 0 Å². The normalized spacial score (nSPS) is 20.2. The molecule has 0 radical (unpaired) electrons. The zero-order valence-electron chi connectivity index (χ0n) is 10.3. The molecule has 2 unspecified atom stereocenters. The zero-order valence-corrected chi connectivity index (χ0v) is 10.3. The van der Waals surface area contributed by atoms with Crippen molar-refractivity contribution in [3.63, 3.8) is 0 Å². The van der Waals surface area contributed by atoms with E-state index in [0.717, 1.165) is 25.6 Å². The van der Waals surface area contributed by atoms with Gasteiger partial charge < -0.3 is 14.8 Å². The first-order valence-electron chi connectivity index (χ1n) is 6.22. The van der Waals surface area contributed by atoms with Crippen LogP contribution in [-0.2, 0) is 9.47 Å². The van der Waals surface area contributed by atoms with Gasteiger partial charge in [0.05, 0.1) is 18.8 Å². The maximum absolute atomic E-state index is 5.89. The van der Waals surface area contributed by atoms with Crippen molar-refractivity contribution in [2.45, 2.75) is 58.3 Å². The summed E-state index contributed by atoms with van der Waals surface area (Å²) in [7, 11) is 0. The Morgan fingerprint density at radius 1 is 1.33 bits per heavy atom. The average molecular weight is 215 g/mol. The molecule has 0 aromatic carbocycles. The minimum Gasteiger partial charge on any atom is -0.379 e. The molecule has 15 heavy (non-hydrogen) atoms. The molecule has 0 heterocycles. The second kappa shape index (κ2) is 7.20. The van der Waals surface area contributed by atoms with Gasteiger partial charge in [0.1, 0.15) is 0 Å². The van der Waals surface area contributed by atoms with Crippen LogP contribution in [0.1, 0.15) is 40.0 Å². The minimum atomic E-state index is 0.205. The van der Waals surface area contributed by atoms with Gasteiger partial charge in [-0.25, -0.2) is 0 Å². The molecule has 3 heteroatoms. The lowest BCUT2D eigenvalue weighted by atomic mass is 10.2. The Morgan fingerprint density at radius 3 is 2.60 bits per heavy atom. The molecular weight excluding hydrogens is 190 g/mol. The third-order valence-corrected chi connectivity index (χ3v) is 2.65. The van der Waals surface area contributed by atoms with E-state index >= 15 is 0 Å².